The molecule has 0 bridgehead atoms. The lowest BCUT2D eigenvalue weighted by molar-refractivity contribution is 0.0609. The molecule has 1 N–H and O–H groups in total. The van der Waals surface area contributed by atoms with Gasteiger partial charge in [0.2, 0.25) is 0 Å². The van der Waals surface area contributed by atoms with Gasteiger partial charge in [-0.15, -0.1) is 0 Å². The molecule has 2 aromatic carbocycles. The monoisotopic (exact) mass is 361 g/mol. The number of urea groups is 1. The number of hydrazine groups is 1. The second-order valence-corrected chi connectivity index (χ2v) is 5.86. The number of benzene rings is 2. The van der Waals surface area contributed by atoms with Gasteiger partial charge in [-0.3, -0.25) is 0 Å². The van der Waals surface area contributed by atoms with Crippen LogP contribution in [0.3, 0.4) is 0 Å². The summed E-state index contributed by atoms with van der Waals surface area (Å²) in [7, 11) is 0. The molecule has 1 aliphatic rings. The summed E-state index contributed by atoms with van der Waals surface area (Å²) < 4.78 is 6.38. The van der Waals surface area contributed by atoms with Gasteiger partial charge in [0.15, 0.2) is 0 Å². The molecule has 0 aromatic heterocycles. The van der Waals surface area contributed by atoms with E-state index in [9.17, 15) is 4.79 Å². The molecule has 1 aliphatic heterocycles. The average Bonchev–Trinajstić information content (AvgIpc) is 2.99. The van der Waals surface area contributed by atoms with Crippen LogP contribution >= 0.6 is 15.9 Å². The van der Waals surface area contributed by atoms with Gasteiger partial charge >= 0.3 is 6.03 Å². The second kappa shape index (κ2) is 6.91. The number of carbonyl (C=O) groups is 1. The fourth-order valence-corrected chi connectivity index (χ4v) is 2.48. The number of hydrogen-bond donors (Lipinski definition) is 1. The summed E-state index contributed by atoms with van der Waals surface area (Å²) >= 11 is 3.37. The lowest BCUT2D eigenvalue weighted by Gasteiger charge is -2.25. The lowest BCUT2D eigenvalue weighted by Crippen LogP contribution is -2.43. The Balaban J connectivity index is 1.64. The van der Waals surface area contributed by atoms with Gasteiger partial charge < -0.3 is 10.1 Å². The standard InChI is InChI=1S/C16H16BrN3O2/c17-14-6-8-15(9-7-14)18-16(21)20-12-22-11-19(20)10-13-4-2-1-3-5-13/h1-9H,10-12H2,(H,18,21). The third kappa shape index (κ3) is 3.65. The quantitative estimate of drug-likeness (QED) is 0.907. The van der Waals surface area contributed by atoms with E-state index < -0.39 is 0 Å². The maximum atomic E-state index is 12.4. The molecule has 1 heterocycles. The fourth-order valence-electron chi connectivity index (χ4n) is 2.22. The van der Waals surface area contributed by atoms with Gasteiger partial charge in [-0.2, -0.15) is 5.01 Å². The van der Waals surface area contributed by atoms with Gasteiger partial charge in [0.1, 0.15) is 13.5 Å². The Morgan fingerprint density at radius 3 is 2.55 bits per heavy atom. The van der Waals surface area contributed by atoms with Crippen LogP contribution in [-0.2, 0) is 11.3 Å². The van der Waals surface area contributed by atoms with E-state index in [0.29, 0.717) is 13.3 Å². The van der Waals surface area contributed by atoms with E-state index in [1.165, 1.54) is 0 Å². The van der Waals surface area contributed by atoms with Crippen LogP contribution < -0.4 is 5.32 Å². The summed E-state index contributed by atoms with van der Waals surface area (Å²) in [6.07, 6.45) is 0. The van der Waals surface area contributed by atoms with Crippen LogP contribution in [0.5, 0.6) is 0 Å². The summed E-state index contributed by atoms with van der Waals surface area (Å²) in [5, 5.41) is 6.33. The summed E-state index contributed by atoms with van der Waals surface area (Å²) in [6.45, 7) is 1.30. The zero-order chi connectivity index (χ0) is 15.4. The number of halogens is 1. The Hall–Kier alpha value is -1.89. The van der Waals surface area contributed by atoms with Crippen LogP contribution in [0, 0.1) is 0 Å². The summed E-state index contributed by atoms with van der Waals surface area (Å²) in [6, 6.07) is 17.3. The Morgan fingerprint density at radius 1 is 1.09 bits per heavy atom. The average molecular weight is 362 g/mol. The zero-order valence-corrected chi connectivity index (χ0v) is 13.5. The third-order valence-electron chi connectivity index (χ3n) is 3.33. The van der Waals surface area contributed by atoms with Gasteiger partial charge in [0.05, 0.1) is 0 Å². The van der Waals surface area contributed by atoms with Crippen LogP contribution in [0.15, 0.2) is 59.1 Å². The Labute approximate surface area is 137 Å². The van der Waals surface area contributed by atoms with E-state index in [1.807, 2.05) is 59.6 Å². The molecule has 6 heteroatoms. The molecule has 3 rings (SSSR count). The first-order valence-electron chi connectivity index (χ1n) is 6.93. The van der Waals surface area contributed by atoms with Crippen molar-refractivity contribution in [2.24, 2.45) is 0 Å². The first-order valence-corrected chi connectivity index (χ1v) is 7.72. The predicted octanol–water partition coefficient (Wildman–Crippen LogP) is 3.65. The number of nitrogens with one attached hydrogen (secondary N) is 1. The smallest absolute Gasteiger partial charge is 0.338 e. The summed E-state index contributed by atoms with van der Waals surface area (Å²) in [5.74, 6) is 0. The van der Waals surface area contributed by atoms with Gasteiger partial charge in [0, 0.05) is 16.7 Å². The number of ether oxygens (including phenoxy) is 1. The topological polar surface area (TPSA) is 44.8 Å². The molecule has 0 atom stereocenters. The van der Waals surface area contributed by atoms with Crippen LogP contribution in [-0.4, -0.2) is 29.5 Å². The van der Waals surface area contributed by atoms with E-state index >= 15 is 0 Å². The van der Waals surface area contributed by atoms with Crippen molar-refractivity contribution in [1.82, 2.24) is 10.0 Å². The number of rotatable bonds is 3. The van der Waals surface area contributed by atoms with Gasteiger partial charge in [-0.25, -0.2) is 9.80 Å². The molecule has 2 amide bonds. The molecule has 5 nitrogen and oxygen atoms in total. The van der Waals surface area contributed by atoms with E-state index in [4.69, 9.17) is 4.74 Å². The molecular weight excluding hydrogens is 346 g/mol. The zero-order valence-electron chi connectivity index (χ0n) is 11.9. The SMILES string of the molecule is O=C(Nc1ccc(Br)cc1)N1COCN1Cc1ccccc1. The minimum Gasteiger partial charge on any atom is -0.342 e. The van der Waals surface area contributed by atoms with E-state index in [-0.39, 0.29) is 12.8 Å². The van der Waals surface area contributed by atoms with Crippen LogP contribution in [0.4, 0.5) is 10.5 Å². The van der Waals surface area contributed by atoms with Gasteiger partial charge in [-0.05, 0) is 29.8 Å². The third-order valence-corrected chi connectivity index (χ3v) is 3.86. The van der Waals surface area contributed by atoms with Crippen molar-refractivity contribution in [3.63, 3.8) is 0 Å². The van der Waals surface area contributed by atoms with Crippen molar-refractivity contribution >= 4 is 27.6 Å². The van der Waals surface area contributed by atoms with Crippen molar-refractivity contribution in [3.05, 3.63) is 64.6 Å². The maximum absolute atomic E-state index is 12.4. The highest BCUT2D eigenvalue weighted by atomic mass is 79.9. The number of nitrogens with zero attached hydrogens (tertiary/aromatic N) is 2. The van der Waals surface area contributed by atoms with Crippen molar-refractivity contribution in [2.75, 3.05) is 18.8 Å². The van der Waals surface area contributed by atoms with Crippen molar-refractivity contribution in [3.8, 4) is 0 Å². The normalized spacial score (nSPS) is 15.0. The van der Waals surface area contributed by atoms with Crippen LogP contribution in [0.2, 0.25) is 0 Å². The Bertz CT molecular complexity index is 634. The summed E-state index contributed by atoms with van der Waals surface area (Å²) in [4.78, 5) is 12.4. The first-order chi connectivity index (χ1) is 10.7. The molecule has 0 spiro atoms. The van der Waals surface area contributed by atoms with Crippen molar-refractivity contribution < 1.29 is 9.53 Å². The summed E-state index contributed by atoms with van der Waals surface area (Å²) in [5.41, 5.74) is 1.88. The maximum Gasteiger partial charge on any atom is 0.338 e. The first kappa shape index (κ1) is 15.0. The predicted molar refractivity (Wildman–Crippen MR) is 87.8 cm³/mol. The van der Waals surface area contributed by atoms with E-state index in [2.05, 4.69) is 21.2 Å². The highest BCUT2D eigenvalue weighted by Crippen LogP contribution is 2.17. The Kier molecular flexibility index (Phi) is 4.72. The molecule has 114 valence electrons. The minimum atomic E-state index is -0.198. The molecule has 0 unspecified atom stereocenters. The van der Waals surface area contributed by atoms with Gasteiger partial charge in [0.25, 0.3) is 0 Å². The highest BCUT2D eigenvalue weighted by molar-refractivity contribution is 9.10. The van der Waals surface area contributed by atoms with Crippen LogP contribution in [0.25, 0.3) is 0 Å². The molecule has 1 saturated heterocycles. The highest BCUT2D eigenvalue weighted by Gasteiger charge is 2.27. The molecule has 0 aliphatic carbocycles. The largest absolute Gasteiger partial charge is 0.342 e. The second-order valence-electron chi connectivity index (χ2n) is 4.95. The number of anilines is 1. The molecule has 0 saturated carbocycles. The van der Waals surface area contributed by atoms with Crippen molar-refractivity contribution in [2.45, 2.75) is 6.54 Å². The number of hydrogen-bond acceptors (Lipinski definition) is 3. The number of carbonyl (C=O) groups excluding carboxylic acids is 1. The molecule has 1 fully saturated rings. The molecule has 0 radical (unpaired) electrons. The minimum absolute atomic E-state index is 0.198. The Morgan fingerprint density at radius 2 is 1.82 bits per heavy atom. The number of amides is 2. The molecule has 22 heavy (non-hydrogen) atoms. The fraction of sp³-hybridized carbons (Fsp3) is 0.188. The molecular formula is C16H16BrN3O2. The molecule has 2 aromatic rings. The lowest BCUT2D eigenvalue weighted by atomic mass is 10.2. The van der Waals surface area contributed by atoms with Crippen molar-refractivity contribution in [1.29, 1.82) is 0 Å². The van der Waals surface area contributed by atoms with Crippen LogP contribution in [0.1, 0.15) is 5.56 Å². The van der Waals surface area contributed by atoms with E-state index in [1.54, 1.807) is 5.01 Å². The van der Waals surface area contributed by atoms with Gasteiger partial charge in [-0.1, -0.05) is 46.3 Å². The van der Waals surface area contributed by atoms with E-state index in [0.717, 1.165) is 15.7 Å².